The molecule has 2 aromatic carbocycles. The van der Waals surface area contributed by atoms with E-state index in [-0.39, 0.29) is 34.1 Å². The average Bonchev–Trinajstić information content (AvgIpc) is 2.95. The Labute approximate surface area is 254 Å². The molecule has 0 aromatic heterocycles. The summed E-state index contributed by atoms with van der Waals surface area (Å²) >= 11 is 1.79. The zero-order chi connectivity index (χ0) is 32.1. The molecule has 43 heavy (non-hydrogen) atoms. The smallest absolute Gasteiger partial charge is 0.416 e. The van der Waals surface area contributed by atoms with Gasteiger partial charge in [0, 0.05) is 29.7 Å². The SMILES string of the molecule is COc1cc(C=O)cc(I)c1OC1C=C(C(=O)NCCO)CC(N(CC(F)(F)F)C(=O)c2ccc(C(F)(F)F)cc2)C1O. The van der Waals surface area contributed by atoms with Gasteiger partial charge in [-0.05, 0) is 65.1 Å². The normalized spacial score (nSPS) is 18.8. The van der Waals surface area contributed by atoms with Crippen molar-refractivity contribution in [3.8, 4) is 11.5 Å². The molecule has 0 saturated carbocycles. The fraction of sp³-hybridized carbons (Fsp3) is 0.370. The van der Waals surface area contributed by atoms with Crippen LogP contribution in [0.4, 0.5) is 26.3 Å². The maximum atomic E-state index is 13.8. The van der Waals surface area contributed by atoms with Crippen molar-refractivity contribution in [3.63, 3.8) is 0 Å². The Kier molecular flexibility index (Phi) is 11.1. The van der Waals surface area contributed by atoms with Gasteiger partial charge in [0.05, 0.1) is 28.9 Å². The number of halogens is 7. The van der Waals surface area contributed by atoms with Crippen LogP contribution in [-0.4, -0.2) is 84.4 Å². The van der Waals surface area contributed by atoms with Crippen molar-refractivity contribution < 1.29 is 60.4 Å². The molecule has 3 N–H and O–H groups in total. The molecule has 0 aliphatic heterocycles. The molecule has 2 amide bonds. The lowest BCUT2D eigenvalue weighted by molar-refractivity contribution is -0.151. The van der Waals surface area contributed by atoms with E-state index in [1.54, 1.807) is 22.6 Å². The van der Waals surface area contributed by atoms with Crippen LogP contribution in [0.2, 0.25) is 0 Å². The second kappa shape index (κ2) is 13.9. The molecule has 0 heterocycles. The first kappa shape index (κ1) is 34.1. The Morgan fingerprint density at radius 3 is 2.33 bits per heavy atom. The minimum atomic E-state index is -5.01. The van der Waals surface area contributed by atoms with E-state index in [0.29, 0.717) is 34.1 Å². The summed E-state index contributed by atoms with van der Waals surface area (Å²) in [5.41, 5.74) is -1.65. The van der Waals surface area contributed by atoms with Crippen LogP contribution in [0.15, 0.2) is 48.0 Å². The average molecular weight is 730 g/mol. The third-order valence-electron chi connectivity index (χ3n) is 6.33. The van der Waals surface area contributed by atoms with Crippen molar-refractivity contribution in [2.24, 2.45) is 0 Å². The first-order valence-electron chi connectivity index (χ1n) is 12.4. The van der Waals surface area contributed by atoms with Crippen LogP contribution >= 0.6 is 22.6 Å². The number of hydrogen-bond donors (Lipinski definition) is 3. The maximum Gasteiger partial charge on any atom is 0.416 e. The summed E-state index contributed by atoms with van der Waals surface area (Å²) in [5, 5.41) is 22.7. The summed E-state index contributed by atoms with van der Waals surface area (Å²) in [6.45, 7) is -2.59. The zero-order valence-corrected chi connectivity index (χ0v) is 24.4. The van der Waals surface area contributed by atoms with Gasteiger partial charge in [-0.1, -0.05) is 0 Å². The zero-order valence-electron chi connectivity index (χ0n) is 22.2. The number of amides is 2. The Morgan fingerprint density at radius 2 is 1.79 bits per heavy atom. The lowest BCUT2D eigenvalue weighted by Crippen LogP contribution is -2.57. The van der Waals surface area contributed by atoms with Crippen LogP contribution in [0.3, 0.4) is 0 Å². The number of methoxy groups -OCH3 is 1. The number of alkyl halides is 6. The van der Waals surface area contributed by atoms with E-state index in [9.17, 15) is 45.8 Å². The molecule has 0 radical (unpaired) electrons. The quantitative estimate of drug-likeness (QED) is 0.193. The Morgan fingerprint density at radius 1 is 1.14 bits per heavy atom. The highest BCUT2D eigenvalue weighted by molar-refractivity contribution is 14.1. The molecule has 3 unspecified atom stereocenters. The highest BCUT2D eigenvalue weighted by Gasteiger charge is 2.45. The molecular weight excluding hydrogens is 705 g/mol. The monoisotopic (exact) mass is 730 g/mol. The van der Waals surface area contributed by atoms with Gasteiger partial charge in [0.25, 0.3) is 5.91 Å². The van der Waals surface area contributed by atoms with Crippen molar-refractivity contribution in [2.75, 3.05) is 26.8 Å². The second-order valence-corrected chi connectivity index (χ2v) is 10.5. The minimum Gasteiger partial charge on any atom is -0.493 e. The number of aliphatic hydroxyl groups excluding tert-OH is 2. The second-order valence-electron chi connectivity index (χ2n) is 9.29. The van der Waals surface area contributed by atoms with E-state index in [2.05, 4.69) is 5.32 Å². The van der Waals surface area contributed by atoms with Crippen LogP contribution in [0.1, 0.15) is 32.7 Å². The molecule has 0 spiro atoms. The number of hydrogen-bond acceptors (Lipinski definition) is 7. The van der Waals surface area contributed by atoms with E-state index >= 15 is 0 Å². The first-order valence-corrected chi connectivity index (χ1v) is 13.5. The predicted molar refractivity (Wildman–Crippen MR) is 147 cm³/mol. The van der Waals surface area contributed by atoms with E-state index in [4.69, 9.17) is 14.6 Å². The van der Waals surface area contributed by atoms with Crippen molar-refractivity contribution in [3.05, 3.63) is 68.3 Å². The van der Waals surface area contributed by atoms with Gasteiger partial charge in [0.2, 0.25) is 5.91 Å². The van der Waals surface area contributed by atoms with Crippen LogP contribution < -0.4 is 14.8 Å². The van der Waals surface area contributed by atoms with Gasteiger partial charge >= 0.3 is 12.4 Å². The number of carbonyl (C=O) groups is 3. The topological polar surface area (TPSA) is 125 Å². The van der Waals surface area contributed by atoms with Gasteiger partial charge < -0.3 is 29.9 Å². The fourth-order valence-electron chi connectivity index (χ4n) is 4.34. The number of benzene rings is 2. The third-order valence-corrected chi connectivity index (χ3v) is 7.13. The van der Waals surface area contributed by atoms with Gasteiger partial charge in [-0.2, -0.15) is 26.3 Å². The van der Waals surface area contributed by atoms with Gasteiger partial charge in [-0.15, -0.1) is 0 Å². The number of nitrogens with one attached hydrogen (secondary N) is 1. The summed E-state index contributed by atoms with van der Waals surface area (Å²) in [7, 11) is 1.25. The molecule has 0 bridgehead atoms. The van der Waals surface area contributed by atoms with Crippen LogP contribution in [0.5, 0.6) is 11.5 Å². The van der Waals surface area contributed by atoms with Gasteiger partial charge in [0.15, 0.2) is 11.5 Å². The molecule has 1 aliphatic carbocycles. The number of aldehydes is 1. The highest BCUT2D eigenvalue weighted by atomic mass is 127. The minimum absolute atomic E-state index is 0.0241. The van der Waals surface area contributed by atoms with Crippen LogP contribution in [0, 0.1) is 3.57 Å². The molecule has 3 atom stereocenters. The molecule has 2 aromatic rings. The standard InChI is InChI=1S/C27H25F6IN2O7/c1-42-21-9-14(12-38)8-18(34)23(21)43-20-11-16(24(40)35-6-7-37)10-19(22(20)39)36(13-26(28,29)30)25(41)15-2-4-17(5-3-15)27(31,32)33/h2-5,8-9,11-12,19-20,22,37,39H,6-7,10,13H2,1H3,(H,35,40). The lowest BCUT2D eigenvalue weighted by Gasteiger charge is -2.40. The summed E-state index contributed by atoms with van der Waals surface area (Å²) < 4.78 is 91.8. The number of rotatable bonds is 10. The van der Waals surface area contributed by atoms with Crippen molar-refractivity contribution in [1.82, 2.24) is 10.2 Å². The first-order chi connectivity index (χ1) is 20.1. The van der Waals surface area contributed by atoms with Crippen LogP contribution in [-0.2, 0) is 11.0 Å². The number of aliphatic hydroxyl groups is 2. The molecular formula is C27H25F6IN2O7. The Balaban J connectivity index is 2.08. The van der Waals surface area contributed by atoms with E-state index < -0.39 is 73.1 Å². The molecule has 0 saturated heterocycles. The van der Waals surface area contributed by atoms with Crippen LogP contribution in [0.25, 0.3) is 0 Å². The Bertz CT molecular complexity index is 1370. The highest BCUT2D eigenvalue weighted by Crippen LogP contribution is 2.37. The van der Waals surface area contributed by atoms with Crippen molar-refractivity contribution in [2.45, 2.75) is 37.0 Å². The molecule has 234 valence electrons. The molecule has 9 nitrogen and oxygen atoms in total. The lowest BCUT2D eigenvalue weighted by atomic mass is 9.87. The number of ether oxygens (including phenoxy) is 2. The van der Waals surface area contributed by atoms with Gasteiger partial charge in [-0.3, -0.25) is 14.4 Å². The number of nitrogens with zero attached hydrogens (tertiary/aromatic N) is 1. The predicted octanol–water partition coefficient (Wildman–Crippen LogP) is 3.75. The summed E-state index contributed by atoms with van der Waals surface area (Å²) in [4.78, 5) is 37.7. The summed E-state index contributed by atoms with van der Waals surface area (Å²) in [5.74, 6) is -2.18. The molecule has 0 fully saturated rings. The maximum absolute atomic E-state index is 13.8. The Hall–Kier alpha value is -3.38. The molecule has 1 aliphatic rings. The summed E-state index contributed by atoms with van der Waals surface area (Å²) in [6.07, 6.45) is -12.1. The fourth-order valence-corrected chi connectivity index (χ4v) is 5.09. The van der Waals surface area contributed by atoms with Gasteiger partial charge in [0.1, 0.15) is 25.0 Å². The van der Waals surface area contributed by atoms with Gasteiger partial charge in [-0.25, -0.2) is 0 Å². The third kappa shape index (κ3) is 8.60. The molecule has 16 heteroatoms. The molecule has 3 rings (SSSR count). The number of carbonyl (C=O) groups excluding carboxylic acids is 3. The van der Waals surface area contributed by atoms with Crippen molar-refractivity contribution >= 4 is 40.7 Å². The van der Waals surface area contributed by atoms with E-state index in [1.165, 1.54) is 19.2 Å². The summed E-state index contributed by atoms with van der Waals surface area (Å²) in [6, 6.07) is 3.45. The van der Waals surface area contributed by atoms with E-state index in [1.807, 2.05) is 0 Å². The largest absolute Gasteiger partial charge is 0.493 e. The van der Waals surface area contributed by atoms with Crippen molar-refractivity contribution in [1.29, 1.82) is 0 Å². The van der Waals surface area contributed by atoms with E-state index in [0.717, 1.165) is 6.08 Å².